The molecule has 0 fully saturated rings. The van der Waals surface area contributed by atoms with Crippen LogP contribution in [0, 0.1) is 5.92 Å². The highest BCUT2D eigenvalue weighted by Crippen LogP contribution is 2.03. The summed E-state index contributed by atoms with van der Waals surface area (Å²) in [6.07, 6.45) is 12.9. The Morgan fingerprint density at radius 1 is 1.36 bits per heavy atom. The normalized spacial score (nSPS) is 14.2. The highest BCUT2D eigenvalue weighted by atomic mass is 15.4. The van der Waals surface area contributed by atoms with E-state index in [0.717, 1.165) is 6.42 Å². The Kier molecular flexibility index (Phi) is 7.52. The predicted molar refractivity (Wildman–Crippen MR) is 64.4 cm³/mol. The maximum Gasteiger partial charge on any atom is 0.0316 e. The third kappa shape index (κ3) is 7.35. The standard InChI is InChI=1S/C12H20N2/c1-5-7-8-10-12(9-6-2)11-13-14(3)4/h5-8,10-12H,2,9H2,1,3-4H3/b7-5-,10-8+,13-11-. The van der Waals surface area contributed by atoms with Gasteiger partial charge in [0, 0.05) is 26.2 Å². The SMILES string of the molecule is C=CCC(/C=N\N(C)C)/C=C/C=C\C. The zero-order valence-electron chi connectivity index (χ0n) is 9.35. The van der Waals surface area contributed by atoms with Gasteiger partial charge < -0.3 is 5.01 Å². The number of allylic oxidation sites excluding steroid dienone is 5. The lowest BCUT2D eigenvalue weighted by atomic mass is 10.1. The number of hydrogen-bond donors (Lipinski definition) is 0. The van der Waals surface area contributed by atoms with Crippen LogP contribution in [-0.4, -0.2) is 25.3 Å². The molecule has 0 radical (unpaired) electrons. The lowest BCUT2D eigenvalue weighted by Crippen LogP contribution is -2.05. The first-order chi connectivity index (χ1) is 6.70. The number of hydrazone groups is 1. The van der Waals surface area contributed by atoms with Crippen LogP contribution in [0.5, 0.6) is 0 Å². The molecule has 0 bridgehead atoms. The van der Waals surface area contributed by atoms with E-state index in [1.165, 1.54) is 0 Å². The molecule has 0 N–H and O–H groups in total. The molecular formula is C12H20N2. The van der Waals surface area contributed by atoms with Gasteiger partial charge in [0.15, 0.2) is 0 Å². The fourth-order valence-electron chi connectivity index (χ4n) is 0.919. The van der Waals surface area contributed by atoms with Gasteiger partial charge in [0.25, 0.3) is 0 Å². The van der Waals surface area contributed by atoms with Crippen LogP contribution in [0.15, 0.2) is 42.1 Å². The van der Waals surface area contributed by atoms with Gasteiger partial charge >= 0.3 is 0 Å². The molecule has 0 heterocycles. The Hall–Kier alpha value is -1.31. The van der Waals surface area contributed by atoms with E-state index in [4.69, 9.17) is 0 Å². The molecule has 1 unspecified atom stereocenters. The van der Waals surface area contributed by atoms with Crippen LogP contribution in [0.1, 0.15) is 13.3 Å². The van der Waals surface area contributed by atoms with Crippen molar-refractivity contribution in [1.29, 1.82) is 0 Å². The molecule has 2 nitrogen and oxygen atoms in total. The topological polar surface area (TPSA) is 15.6 Å². The molecule has 14 heavy (non-hydrogen) atoms. The Bertz CT molecular complexity index is 224. The summed E-state index contributed by atoms with van der Waals surface area (Å²) in [6, 6.07) is 0. The molecule has 0 saturated carbocycles. The van der Waals surface area contributed by atoms with Gasteiger partial charge in [-0.25, -0.2) is 0 Å². The van der Waals surface area contributed by atoms with Crippen molar-refractivity contribution in [3.05, 3.63) is 37.0 Å². The smallest absolute Gasteiger partial charge is 0.0316 e. The summed E-state index contributed by atoms with van der Waals surface area (Å²) in [5, 5.41) is 6.00. The molecule has 0 aromatic rings. The first kappa shape index (κ1) is 12.7. The minimum absolute atomic E-state index is 0.339. The molecule has 0 aliphatic carbocycles. The second-order valence-electron chi connectivity index (χ2n) is 3.21. The fraction of sp³-hybridized carbons (Fsp3) is 0.417. The van der Waals surface area contributed by atoms with Gasteiger partial charge in [0.05, 0.1) is 0 Å². The van der Waals surface area contributed by atoms with Gasteiger partial charge in [-0.3, -0.25) is 0 Å². The van der Waals surface area contributed by atoms with E-state index in [1.807, 2.05) is 51.5 Å². The molecule has 0 aromatic carbocycles. The van der Waals surface area contributed by atoms with Gasteiger partial charge in [0.1, 0.15) is 0 Å². The fourth-order valence-corrected chi connectivity index (χ4v) is 0.919. The van der Waals surface area contributed by atoms with Crippen LogP contribution >= 0.6 is 0 Å². The number of rotatable bonds is 6. The largest absolute Gasteiger partial charge is 0.303 e. The summed E-state index contributed by atoms with van der Waals surface area (Å²) in [5.41, 5.74) is 0. The van der Waals surface area contributed by atoms with Crippen molar-refractivity contribution in [2.24, 2.45) is 11.0 Å². The summed E-state index contributed by atoms with van der Waals surface area (Å²) >= 11 is 0. The van der Waals surface area contributed by atoms with Crippen molar-refractivity contribution < 1.29 is 0 Å². The highest BCUT2D eigenvalue weighted by molar-refractivity contribution is 5.63. The molecule has 78 valence electrons. The summed E-state index contributed by atoms with van der Waals surface area (Å²) in [7, 11) is 3.83. The van der Waals surface area contributed by atoms with Crippen molar-refractivity contribution in [1.82, 2.24) is 5.01 Å². The van der Waals surface area contributed by atoms with E-state index >= 15 is 0 Å². The Morgan fingerprint density at radius 2 is 2.07 bits per heavy atom. The maximum atomic E-state index is 4.21. The van der Waals surface area contributed by atoms with Crippen molar-refractivity contribution in [2.45, 2.75) is 13.3 Å². The average molecular weight is 192 g/mol. The van der Waals surface area contributed by atoms with Crippen LogP contribution in [0.2, 0.25) is 0 Å². The lowest BCUT2D eigenvalue weighted by Gasteiger charge is -2.06. The summed E-state index contributed by atoms with van der Waals surface area (Å²) < 4.78 is 0. The summed E-state index contributed by atoms with van der Waals surface area (Å²) in [5.74, 6) is 0.339. The molecular weight excluding hydrogens is 172 g/mol. The van der Waals surface area contributed by atoms with Gasteiger partial charge in [0.2, 0.25) is 0 Å². The maximum absolute atomic E-state index is 4.21. The predicted octanol–water partition coefficient (Wildman–Crippen LogP) is 2.86. The first-order valence-corrected chi connectivity index (χ1v) is 4.82. The van der Waals surface area contributed by atoms with Gasteiger partial charge in [-0.15, -0.1) is 6.58 Å². The van der Waals surface area contributed by atoms with Crippen molar-refractivity contribution >= 4 is 6.21 Å². The number of hydrogen-bond acceptors (Lipinski definition) is 2. The highest BCUT2D eigenvalue weighted by Gasteiger charge is 1.96. The molecule has 1 atom stereocenters. The molecule has 0 saturated heterocycles. The van der Waals surface area contributed by atoms with Crippen molar-refractivity contribution in [2.75, 3.05) is 14.1 Å². The van der Waals surface area contributed by atoms with Gasteiger partial charge in [-0.2, -0.15) is 5.10 Å². The van der Waals surface area contributed by atoms with E-state index < -0.39 is 0 Å². The van der Waals surface area contributed by atoms with Crippen LogP contribution in [0.3, 0.4) is 0 Å². The average Bonchev–Trinajstić information content (AvgIpc) is 2.14. The quantitative estimate of drug-likeness (QED) is 0.273. The van der Waals surface area contributed by atoms with Gasteiger partial charge in [-0.05, 0) is 13.3 Å². The zero-order valence-corrected chi connectivity index (χ0v) is 9.35. The Morgan fingerprint density at radius 3 is 2.57 bits per heavy atom. The molecule has 0 aliphatic rings. The van der Waals surface area contributed by atoms with Crippen molar-refractivity contribution in [3.8, 4) is 0 Å². The second kappa shape index (κ2) is 8.30. The Labute approximate surface area is 87.3 Å². The first-order valence-electron chi connectivity index (χ1n) is 4.82. The molecule has 0 rings (SSSR count). The minimum Gasteiger partial charge on any atom is -0.303 e. The van der Waals surface area contributed by atoms with E-state index in [2.05, 4.69) is 17.8 Å². The molecule has 0 spiro atoms. The molecule has 2 heteroatoms. The molecule has 0 aliphatic heterocycles. The zero-order chi connectivity index (χ0) is 10.8. The van der Waals surface area contributed by atoms with E-state index in [1.54, 1.807) is 5.01 Å². The Balaban J connectivity index is 4.20. The third-order valence-corrected chi connectivity index (χ3v) is 1.59. The van der Waals surface area contributed by atoms with Crippen LogP contribution in [0.4, 0.5) is 0 Å². The van der Waals surface area contributed by atoms with Crippen molar-refractivity contribution in [3.63, 3.8) is 0 Å². The van der Waals surface area contributed by atoms with Gasteiger partial charge in [-0.1, -0.05) is 30.4 Å². The van der Waals surface area contributed by atoms with Crippen LogP contribution < -0.4 is 0 Å². The monoisotopic (exact) mass is 192 g/mol. The van der Waals surface area contributed by atoms with Crippen LogP contribution in [-0.2, 0) is 0 Å². The molecule has 0 amide bonds. The summed E-state index contributed by atoms with van der Waals surface area (Å²) in [6.45, 7) is 5.73. The van der Waals surface area contributed by atoms with E-state index in [9.17, 15) is 0 Å². The molecule has 0 aromatic heterocycles. The minimum atomic E-state index is 0.339. The second-order valence-corrected chi connectivity index (χ2v) is 3.21. The lowest BCUT2D eigenvalue weighted by molar-refractivity contribution is 0.437. The third-order valence-electron chi connectivity index (χ3n) is 1.59. The van der Waals surface area contributed by atoms with Crippen LogP contribution in [0.25, 0.3) is 0 Å². The number of nitrogens with zero attached hydrogens (tertiary/aromatic N) is 2. The van der Waals surface area contributed by atoms with E-state index in [0.29, 0.717) is 5.92 Å². The van der Waals surface area contributed by atoms with E-state index in [-0.39, 0.29) is 0 Å². The summed E-state index contributed by atoms with van der Waals surface area (Å²) in [4.78, 5) is 0.